The second-order valence-corrected chi connectivity index (χ2v) is 4.32. The SMILES string of the molecule is NCCNC1CCOC2(CCC2)C1. The molecule has 0 bridgehead atoms. The zero-order valence-corrected chi connectivity index (χ0v) is 8.22. The highest BCUT2D eigenvalue weighted by atomic mass is 16.5. The van der Waals surface area contributed by atoms with Crippen molar-refractivity contribution in [2.45, 2.75) is 43.7 Å². The fourth-order valence-corrected chi connectivity index (χ4v) is 2.41. The molecule has 1 saturated heterocycles. The van der Waals surface area contributed by atoms with E-state index in [0.717, 1.165) is 26.1 Å². The summed E-state index contributed by atoms with van der Waals surface area (Å²) in [5.41, 5.74) is 5.73. The van der Waals surface area contributed by atoms with Crippen molar-refractivity contribution in [3.63, 3.8) is 0 Å². The lowest BCUT2D eigenvalue weighted by atomic mass is 9.74. The van der Waals surface area contributed by atoms with Gasteiger partial charge in [-0.25, -0.2) is 0 Å². The first-order valence-electron chi connectivity index (χ1n) is 5.42. The first-order chi connectivity index (χ1) is 6.35. The smallest absolute Gasteiger partial charge is 0.0697 e. The Hall–Kier alpha value is -0.120. The predicted octanol–water partition coefficient (Wildman–Crippen LogP) is 0.636. The van der Waals surface area contributed by atoms with Crippen LogP contribution in [-0.2, 0) is 4.74 Å². The summed E-state index contributed by atoms with van der Waals surface area (Å²) in [4.78, 5) is 0. The Morgan fingerprint density at radius 3 is 2.92 bits per heavy atom. The minimum atomic E-state index is 0.268. The van der Waals surface area contributed by atoms with E-state index in [2.05, 4.69) is 5.32 Å². The van der Waals surface area contributed by atoms with Gasteiger partial charge in [-0.3, -0.25) is 0 Å². The lowest BCUT2D eigenvalue weighted by Gasteiger charge is -2.47. The van der Waals surface area contributed by atoms with Crippen LogP contribution in [0.25, 0.3) is 0 Å². The maximum Gasteiger partial charge on any atom is 0.0697 e. The van der Waals surface area contributed by atoms with Crippen molar-refractivity contribution in [3.05, 3.63) is 0 Å². The van der Waals surface area contributed by atoms with E-state index >= 15 is 0 Å². The second kappa shape index (κ2) is 3.95. The fraction of sp³-hybridized carbons (Fsp3) is 1.00. The van der Waals surface area contributed by atoms with Gasteiger partial charge in [-0.1, -0.05) is 0 Å². The predicted molar refractivity (Wildman–Crippen MR) is 52.6 cm³/mol. The molecule has 0 aromatic heterocycles. The summed E-state index contributed by atoms with van der Waals surface area (Å²) >= 11 is 0. The van der Waals surface area contributed by atoms with Crippen LogP contribution in [0.2, 0.25) is 0 Å². The van der Waals surface area contributed by atoms with Gasteiger partial charge in [0.15, 0.2) is 0 Å². The molecular formula is C10H20N2O. The maximum atomic E-state index is 5.84. The Bertz CT molecular complexity index is 168. The van der Waals surface area contributed by atoms with Gasteiger partial charge >= 0.3 is 0 Å². The molecule has 1 atom stereocenters. The van der Waals surface area contributed by atoms with Crippen LogP contribution in [-0.4, -0.2) is 31.3 Å². The maximum absolute atomic E-state index is 5.84. The van der Waals surface area contributed by atoms with Crippen molar-refractivity contribution in [3.8, 4) is 0 Å². The molecule has 3 heteroatoms. The third kappa shape index (κ3) is 2.03. The van der Waals surface area contributed by atoms with E-state index in [4.69, 9.17) is 10.5 Å². The summed E-state index contributed by atoms with van der Waals surface area (Å²) in [6.07, 6.45) is 6.25. The molecule has 3 nitrogen and oxygen atoms in total. The molecule has 1 saturated carbocycles. The lowest BCUT2D eigenvalue weighted by Crippen LogP contribution is -2.51. The molecule has 0 aromatic carbocycles. The topological polar surface area (TPSA) is 47.3 Å². The Balaban J connectivity index is 1.78. The Morgan fingerprint density at radius 2 is 2.31 bits per heavy atom. The van der Waals surface area contributed by atoms with Gasteiger partial charge in [0, 0.05) is 25.7 Å². The van der Waals surface area contributed by atoms with Gasteiger partial charge in [0.25, 0.3) is 0 Å². The molecule has 0 aromatic rings. The molecule has 13 heavy (non-hydrogen) atoms. The molecule has 0 amide bonds. The standard InChI is InChI=1S/C10H20N2O/c11-5-6-12-9-2-7-13-10(8-9)3-1-4-10/h9,12H,1-8,11H2. The third-order valence-corrected chi connectivity index (χ3v) is 3.34. The number of rotatable bonds is 3. The average molecular weight is 184 g/mol. The molecule has 76 valence electrons. The van der Waals surface area contributed by atoms with Gasteiger partial charge in [0.1, 0.15) is 0 Å². The van der Waals surface area contributed by atoms with Crippen LogP contribution in [0.1, 0.15) is 32.1 Å². The van der Waals surface area contributed by atoms with E-state index in [-0.39, 0.29) is 5.60 Å². The van der Waals surface area contributed by atoms with Crippen molar-refractivity contribution in [2.24, 2.45) is 5.73 Å². The number of nitrogens with two attached hydrogens (primary N) is 1. The molecule has 1 unspecified atom stereocenters. The van der Waals surface area contributed by atoms with Gasteiger partial charge in [0.2, 0.25) is 0 Å². The van der Waals surface area contributed by atoms with Crippen LogP contribution >= 0.6 is 0 Å². The summed E-state index contributed by atoms with van der Waals surface area (Å²) in [7, 11) is 0. The van der Waals surface area contributed by atoms with Crippen LogP contribution < -0.4 is 11.1 Å². The monoisotopic (exact) mass is 184 g/mol. The molecule has 2 rings (SSSR count). The summed E-state index contributed by atoms with van der Waals surface area (Å²) in [6.45, 7) is 2.62. The van der Waals surface area contributed by atoms with Crippen LogP contribution in [0.4, 0.5) is 0 Å². The van der Waals surface area contributed by atoms with Crippen molar-refractivity contribution >= 4 is 0 Å². The molecule has 3 N–H and O–H groups in total. The van der Waals surface area contributed by atoms with Gasteiger partial charge < -0.3 is 15.8 Å². The van der Waals surface area contributed by atoms with E-state index in [1.807, 2.05) is 0 Å². The first-order valence-corrected chi connectivity index (χ1v) is 5.42. The molecule has 1 spiro atoms. The van der Waals surface area contributed by atoms with E-state index in [0.29, 0.717) is 6.04 Å². The molecule has 1 heterocycles. The van der Waals surface area contributed by atoms with Crippen LogP contribution in [0.3, 0.4) is 0 Å². The van der Waals surface area contributed by atoms with Crippen molar-refractivity contribution < 1.29 is 4.74 Å². The van der Waals surface area contributed by atoms with Crippen molar-refractivity contribution in [1.29, 1.82) is 0 Å². The minimum absolute atomic E-state index is 0.268. The summed E-state index contributed by atoms with van der Waals surface area (Å²) in [6, 6.07) is 0.651. The minimum Gasteiger partial charge on any atom is -0.375 e. The number of ether oxygens (including phenoxy) is 1. The van der Waals surface area contributed by atoms with Gasteiger partial charge in [-0.05, 0) is 32.1 Å². The Kier molecular flexibility index (Phi) is 2.86. The third-order valence-electron chi connectivity index (χ3n) is 3.34. The van der Waals surface area contributed by atoms with Gasteiger partial charge in [0.05, 0.1) is 5.60 Å². The average Bonchev–Trinajstić information content (AvgIpc) is 2.13. The van der Waals surface area contributed by atoms with Gasteiger partial charge in [-0.2, -0.15) is 0 Å². The normalized spacial score (nSPS) is 31.6. The highest BCUT2D eigenvalue weighted by Gasteiger charge is 2.42. The molecule has 1 aliphatic heterocycles. The summed E-state index contributed by atoms with van der Waals surface area (Å²) in [5.74, 6) is 0. The van der Waals surface area contributed by atoms with E-state index in [9.17, 15) is 0 Å². The molecular weight excluding hydrogens is 164 g/mol. The highest BCUT2D eigenvalue weighted by Crippen LogP contribution is 2.42. The second-order valence-electron chi connectivity index (χ2n) is 4.32. The first kappa shape index (κ1) is 9.44. The van der Waals surface area contributed by atoms with E-state index < -0.39 is 0 Å². The summed E-state index contributed by atoms with van der Waals surface area (Å²) in [5, 5.41) is 3.49. The van der Waals surface area contributed by atoms with E-state index in [1.54, 1.807) is 0 Å². The number of nitrogens with one attached hydrogen (secondary N) is 1. The molecule has 1 aliphatic carbocycles. The van der Waals surface area contributed by atoms with Gasteiger partial charge in [-0.15, -0.1) is 0 Å². The van der Waals surface area contributed by atoms with Crippen molar-refractivity contribution in [1.82, 2.24) is 5.32 Å². The largest absolute Gasteiger partial charge is 0.375 e. The molecule has 2 fully saturated rings. The number of hydrogen-bond acceptors (Lipinski definition) is 3. The van der Waals surface area contributed by atoms with Crippen LogP contribution in [0.5, 0.6) is 0 Å². The van der Waals surface area contributed by atoms with Crippen molar-refractivity contribution in [2.75, 3.05) is 19.7 Å². The lowest BCUT2D eigenvalue weighted by molar-refractivity contribution is -0.135. The quantitative estimate of drug-likeness (QED) is 0.676. The Labute approximate surface area is 80.0 Å². The fourth-order valence-electron chi connectivity index (χ4n) is 2.41. The zero-order valence-electron chi connectivity index (χ0n) is 8.22. The van der Waals surface area contributed by atoms with Crippen LogP contribution in [0.15, 0.2) is 0 Å². The highest BCUT2D eigenvalue weighted by molar-refractivity contribution is 4.95. The molecule has 0 radical (unpaired) electrons. The zero-order chi connectivity index (χ0) is 9.15. The summed E-state index contributed by atoms with van der Waals surface area (Å²) < 4.78 is 5.84. The number of hydrogen-bond donors (Lipinski definition) is 2. The van der Waals surface area contributed by atoms with E-state index in [1.165, 1.54) is 25.7 Å². The molecule has 2 aliphatic rings. The Morgan fingerprint density at radius 1 is 1.46 bits per heavy atom. The van der Waals surface area contributed by atoms with Crippen LogP contribution in [0, 0.1) is 0 Å².